The highest BCUT2D eigenvalue weighted by atomic mass is 16.5. The fourth-order valence-electron chi connectivity index (χ4n) is 3.17. The van der Waals surface area contributed by atoms with E-state index in [0.29, 0.717) is 24.5 Å². The molecular weight excluding hydrogens is 290 g/mol. The van der Waals surface area contributed by atoms with E-state index in [1.807, 2.05) is 29.2 Å². The van der Waals surface area contributed by atoms with Crippen molar-refractivity contribution in [1.29, 1.82) is 0 Å². The van der Waals surface area contributed by atoms with E-state index in [-0.39, 0.29) is 0 Å². The molecule has 6 heteroatoms. The van der Waals surface area contributed by atoms with Gasteiger partial charge in [0, 0.05) is 32.1 Å². The van der Waals surface area contributed by atoms with E-state index in [4.69, 9.17) is 4.74 Å². The third kappa shape index (κ3) is 4.36. The minimum Gasteiger partial charge on any atom is -0.378 e. The van der Waals surface area contributed by atoms with Gasteiger partial charge in [-0.1, -0.05) is 25.1 Å². The highest BCUT2D eigenvalue weighted by Crippen LogP contribution is 2.26. The molecule has 1 aliphatic heterocycles. The maximum Gasteiger partial charge on any atom is 0.0964 e. The normalized spacial score (nSPS) is 21.2. The summed E-state index contributed by atoms with van der Waals surface area (Å²) in [7, 11) is 0. The molecular formula is C17H25N5O. The zero-order valence-corrected chi connectivity index (χ0v) is 13.9. The van der Waals surface area contributed by atoms with Crippen LogP contribution in [0.25, 0.3) is 0 Å². The summed E-state index contributed by atoms with van der Waals surface area (Å²) in [6.45, 7) is 7.76. The molecule has 0 aliphatic carbocycles. The summed E-state index contributed by atoms with van der Waals surface area (Å²) < 4.78 is 7.67. The van der Waals surface area contributed by atoms with Gasteiger partial charge in [-0.2, -0.15) is 0 Å². The predicted molar refractivity (Wildman–Crippen MR) is 87.8 cm³/mol. The predicted octanol–water partition coefficient (Wildman–Crippen LogP) is 1.87. The Morgan fingerprint density at radius 2 is 2.35 bits per heavy atom. The number of rotatable bonds is 7. The van der Waals surface area contributed by atoms with Crippen LogP contribution < -0.4 is 5.32 Å². The first-order valence-corrected chi connectivity index (χ1v) is 8.32. The number of pyridine rings is 1. The third-order valence-electron chi connectivity index (χ3n) is 4.29. The number of aromatic nitrogens is 4. The number of nitrogens with one attached hydrogen (secondary N) is 1. The fraction of sp³-hybridized carbons (Fsp3) is 0.588. The minimum atomic E-state index is 0.378. The Bertz CT molecular complexity index is 598. The van der Waals surface area contributed by atoms with Crippen molar-refractivity contribution in [3.05, 3.63) is 42.0 Å². The molecule has 0 amide bonds. The van der Waals surface area contributed by atoms with Gasteiger partial charge in [0.2, 0.25) is 0 Å². The Hall–Kier alpha value is -1.79. The number of hydrogen-bond donors (Lipinski definition) is 1. The topological polar surface area (TPSA) is 64.9 Å². The third-order valence-corrected chi connectivity index (χ3v) is 4.29. The van der Waals surface area contributed by atoms with Gasteiger partial charge in [0.15, 0.2) is 0 Å². The van der Waals surface area contributed by atoms with Crippen LogP contribution in [-0.4, -0.2) is 39.2 Å². The average molecular weight is 315 g/mol. The van der Waals surface area contributed by atoms with E-state index in [9.17, 15) is 0 Å². The van der Waals surface area contributed by atoms with Crippen LogP contribution in [0.4, 0.5) is 0 Å². The lowest BCUT2D eigenvalue weighted by molar-refractivity contribution is 0.0539. The molecule has 0 radical (unpaired) electrons. The first kappa shape index (κ1) is 16.1. The molecule has 3 heterocycles. The second-order valence-corrected chi connectivity index (χ2v) is 6.53. The molecule has 0 aromatic carbocycles. The maximum atomic E-state index is 5.82. The molecule has 0 unspecified atom stereocenters. The highest BCUT2D eigenvalue weighted by Gasteiger charge is 2.30. The summed E-state index contributed by atoms with van der Waals surface area (Å²) >= 11 is 0. The molecule has 1 saturated heterocycles. The summed E-state index contributed by atoms with van der Waals surface area (Å²) in [4.78, 5) is 4.12. The van der Waals surface area contributed by atoms with Gasteiger partial charge in [-0.15, -0.1) is 5.10 Å². The molecule has 23 heavy (non-hydrogen) atoms. The van der Waals surface area contributed by atoms with E-state index in [1.54, 1.807) is 6.20 Å². The number of ether oxygens (including phenoxy) is 1. The lowest BCUT2D eigenvalue weighted by atomic mass is 9.93. The van der Waals surface area contributed by atoms with E-state index in [1.165, 1.54) is 0 Å². The van der Waals surface area contributed by atoms with E-state index in [0.717, 1.165) is 37.4 Å². The Morgan fingerprint density at radius 1 is 1.43 bits per heavy atom. The van der Waals surface area contributed by atoms with Crippen LogP contribution in [-0.2, 0) is 17.8 Å². The zero-order valence-electron chi connectivity index (χ0n) is 13.9. The molecule has 2 atom stereocenters. The summed E-state index contributed by atoms with van der Waals surface area (Å²) in [5, 5.41) is 11.9. The van der Waals surface area contributed by atoms with Gasteiger partial charge in [0.1, 0.15) is 0 Å². The first-order chi connectivity index (χ1) is 11.2. The summed E-state index contributed by atoms with van der Waals surface area (Å²) in [6, 6.07) is 3.97. The lowest BCUT2D eigenvalue weighted by Gasteiger charge is -2.22. The molecule has 3 rings (SSSR count). The Morgan fingerprint density at radius 3 is 3.13 bits per heavy atom. The molecule has 2 aromatic heterocycles. The van der Waals surface area contributed by atoms with Gasteiger partial charge in [-0.25, -0.2) is 4.68 Å². The molecule has 1 N–H and O–H groups in total. The van der Waals surface area contributed by atoms with Crippen LogP contribution in [0.5, 0.6) is 0 Å². The summed E-state index contributed by atoms with van der Waals surface area (Å²) in [5.41, 5.74) is 2.09. The van der Waals surface area contributed by atoms with Gasteiger partial charge >= 0.3 is 0 Å². The van der Waals surface area contributed by atoms with Crippen LogP contribution >= 0.6 is 0 Å². The lowest BCUT2D eigenvalue weighted by Crippen LogP contribution is -2.31. The summed E-state index contributed by atoms with van der Waals surface area (Å²) in [5.74, 6) is 1.17. The summed E-state index contributed by atoms with van der Waals surface area (Å²) in [6.07, 6.45) is 7.14. The van der Waals surface area contributed by atoms with Gasteiger partial charge < -0.3 is 10.1 Å². The van der Waals surface area contributed by atoms with Crippen LogP contribution in [0.1, 0.15) is 31.5 Å². The van der Waals surface area contributed by atoms with Gasteiger partial charge in [-0.05, 0) is 29.9 Å². The second-order valence-electron chi connectivity index (χ2n) is 6.53. The molecule has 2 aromatic rings. The molecule has 1 aliphatic rings. The Labute approximate surface area is 137 Å². The fourth-order valence-corrected chi connectivity index (χ4v) is 3.17. The van der Waals surface area contributed by atoms with Crippen LogP contribution in [0, 0.1) is 11.8 Å². The minimum absolute atomic E-state index is 0.378. The van der Waals surface area contributed by atoms with Crippen molar-refractivity contribution in [3.8, 4) is 0 Å². The van der Waals surface area contributed by atoms with Crippen LogP contribution in [0.15, 0.2) is 30.7 Å². The monoisotopic (exact) mass is 315 g/mol. The zero-order chi connectivity index (χ0) is 16.1. The largest absolute Gasteiger partial charge is 0.378 e. The Kier molecular flexibility index (Phi) is 5.35. The first-order valence-electron chi connectivity index (χ1n) is 8.32. The molecule has 6 nitrogen and oxygen atoms in total. The van der Waals surface area contributed by atoms with Gasteiger partial charge in [0.25, 0.3) is 0 Å². The van der Waals surface area contributed by atoms with Crippen LogP contribution in [0.3, 0.4) is 0 Å². The van der Waals surface area contributed by atoms with Crippen LogP contribution in [0.2, 0.25) is 0 Å². The Balaban J connectivity index is 1.46. The highest BCUT2D eigenvalue weighted by molar-refractivity contribution is 5.09. The van der Waals surface area contributed by atoms with Crippen molar-refractivity contribution in [1.82, 2.24) is 25.3 Å². The molecule has 1 fully saturated rings. The van der Waals surface area contributed by atoms with E-state index in [2.05, 4.69) is 34.5 Å². The van der Waals surface area contributed by atoms with E-state index < -0.39 is 0 Å². The molecule has 0 saturated carbocycles. The average Bonchev–Trinajstić information content (AvgIpc) is 3.18. The van der Waals surface area contributed by atoms with Gasteiger partial charge in [-0.3, -0.25) is 4.98 Å². The SMILES string of the molecule is CC(C)[C@H]1OCC[C@@H]1CNCc1cn(Cc2cccnc2)nn1. The number of hydrogen-bond acceptors (Lipinski definition) is 5. The second kappa shape index (κ2) is 7.66. The molecule has 124 valence electrons. The smallest absolute Gasteiger partial charge is 0.0964 e. The van der Waals surface area contributed by atoms with Crippen molar-refractivity contribution >= 4 is 0 Å². The van der Waals surface area contributed by atoms with E-state index >= 15 is 0 Å². The van der Waals surface area contributed by atoms with Crippen molar-refractivity contribution in [3.63, 3.8) is 0 Å². The van der Waals surface area contributed by atoms with Crippen molar-refractivity contribution < 1.29 is 4.74 Å². The van der Waals surface area contributed by atoms with Crippen molar-refractivity contribution in [2.24, 2.45) is 11.8 Å². The standard InChI is InChI=1S/C17H25N5O/c1-13(2)17-15(5-7-23-17)9-19-10-16-12-22(21-20-16)11-14-4-3-6-18-8-14/h3-4,6,8,12-13,15,17,19H,5,7,9-11H2,1-2H3/t15-,17-/m1/s1. The number of nitrogens with zero attached hydrogens (tertiary/aromatic N) is 4. The quantitative estimate of drug-likeness (QED) is 0.845. The van der Waals surface area contributed by atoms with Crippen molar-refractivity contribution in [2.75, 3.05) is 13.2 Å². The molecule has 0 bridgehead atoms. The van der Waals surface area contributed by atoms with Gasteiger partial charge in [0.05, 0.1) is 24.5 Å². The van der Waals surface area contributed by atoms with Crippen molar-refractivity contribution in [2.45, 2.75) is 39.5 Å². The molecule has 0 spiro atoms. The maximum absolute atomic E-state index is 5.82.